The van der Waals surface area contributed by atoms with Gasteiger partial charge in [-0.25, -0.2) is 4.39 Å². The number of carbonyl (C=O) groups excluding carboxylic acids is 1. The molecule has 1 aliphatic rings. The summed E-state index contributed by atoms with van der Waals surface area (Å²) >= 11 is 0. The SMILES string of the molecule is CC1CC(C)N(c2c(F)cccc2C=O)C1. The highest BCUT2D eigenvalue weighted by Gasteiger charge is 2.29. The molecule has 0 spiro atoms. The fourth-order valence-electron chi connectivity index (χ4n) is 2.54. The highest BCUT2D eigenvalue weighted by atomic mass is 19.1. The summed E-state index contributed by atoms with van der Waals surface area (Å²) in [5.74, 6) is 0.250. The highest BCUT2D eigenvalue weighted by molar-refractivity contribution is 5.85. The number of hydrogen-bond donors (Lipinski definition) is 0. The first kappa shape index (κ1) is 11.1. The van der Waals surface area contributed by atoms with Crippen molar-refractivity contribution in [1.82, 2.24) is 0 Å². The lowest BCUT2D eigenvalue weighted by Crippen LogP contribution is -2.28. The summed E-state index contributed by atoms with van der Waals surface area (Å²) in [5, 5.41) is 0. The van der Waals surface area contributed by atoms with Gasteiger partial charge in [0.2, 0.25) is 0 Å². The van der Waals surface area contributed by atoms with E-state index in [0.29, 0.717) is 23.2 Å². The quantitative estimate of drug-likeness (QED) is 0.716. The maximum atomic E-state index is 13.8. The molecule has 0 N–H and O–H groups in total. The normalized spacial score (nSPS) is 24.8. The fourth-order valence-corrected chi connectivity index (χ4v) is 2.54. The number of benzene rings is 1. The molecule has 2 atom stereocenters. The van der Waals surface area contributed by atoms with Crippen LogP contribution in [0.3, 0.4) is 0 Å². The first-order valence-corrected chi connectivity index (χ1v) is 5.63. The zero-order valence-corrected chi connectivity index (χ0v) is 9.61. The van der Waals surface area contributed by atoms with Crippen molar-refractivity contribution in [1.29, 1.82) is 0 Å². The van der Waals surface area contributed by atoms with Gasteiger partial charge >= 0.3 is 0 Å². The first-order chi connectivity index (χ1) is 7.63. The third kappa shape index (κ3) is 1.82. The van der Waals surface area contributed by atoms with Crippen LogP contribution in [0.15, 0.2) is 18.2 Å². The van der Waals surface area contributed by atoms with Gasteiger partial charge in [-0.15, -0.1) is 0 Å². The van der Waals surface area contributed by atoms with Crippen LogP contribution in [0.4, 0.5) is 10.1 Å². The standard InChI is InChI=1S/C13H16FNO/c1-9-6-10(2)15(7-9)13-11(8-16)4-3-5-12(13)14/h3-5,8-10H,6-7H2,1-2H3. The third-order valence-electron chi connectivity index (χ3n) is 3.22. The van der Waals surface area contributed by atoms with Gasteiger partial charge in [-0.2, -0.15) is 0 Å². The Bertz CT molecular complexity index is 405. The predicted octanol–water partition coefficient (Wildman–Crippen LogP) is 2.87. The van der Waals surface area contributed by atoms with Crippen LogP contribution in [-0.2, 0) is 0 Å². The Labute approximate surface area is 95.1 Å². The zero-order chi connectivity index (χ0) is 11.7. The number of hydrogen-bond acceptors (Lipinski definition) is 2. The molecule has 1 aromatic rings. The van der Waals surface area contributed by atoms with Crippen LogP contribution in [0, 0.1) is 11.7 Å². The number of nitrogens with zero attached hydrogens (tertiary/aromatic N) is 1. The Morgan fingerprint density at radius 1 is 1.44 bits per heavy atom. The average Bonchev–Trinajstić information content (AvgIpc) is 2.57. The molecular weight excluding hydrogens is 205 g/mol. The molecule has 2 nitrogen and oxygen atoms in total. The second-order valence-corrected chi connectivity index (χ2v) is 4.64. The van der Waals surface area contributed by atoms with E-state index >= 15 is 0 Å². The molecule has 16 heavy (non-hydrogen) atoms. The van der Waals surface area contributed by atoms with Crippen LogP contribution in [0.2, 0.25) is 0 Å². The largest absolute Gasteiger partial charge is 0.366 e. The van der Waals surface area contributed by atoms with E-state index in [9.17, 15) is 9.18 Å². The van der Waals surface area contributed by atoms with Gasteiger partial charge in [0.05, 0.1) is 5.69 Å². The fraction of sp³-hybridized carbons (Fsp3) is 0.462. The second-order valence-electron chi connectivity index (χ2n) is 4.64. The lowest BCUT2D eigenvalue weighted by atomic mass is 10.1. The second kappa shape index (κ2) is 4.24. The van der Waals surface area contributed by atoms with Crippen LogP contribution in [0.1, 0.15) is 30.6 Å². The third-order valence-corrected chi connectivity index (χ3v) is 3.22. The molecule has 0 aromatic heterocycles. The van der Waals surface area contributed by atoms with Crippen molar-refractivity contribution >= 4 is 12.0 Å². The predicted molar refractivity (Wildman–Crippen MR) is 62.4 cm³/mol. The Kier molecular flexibility index (Phi) is 2.95. The Morgan fingerprint density at radius 3 is 2.75 bits per heavy atom. The average molecular weight is 221 g/mol. The summed E-state index contributed by atoms with van der Waals surface area (Å²) in [5.41, 5.74) is 0.912. The van der Waals surface area contributed by atoms with E-state index in [1.807, 2.05) is 4.90 Å². The van der Waals surface area contributed by atoms with E-state index in [4.69, 9.17) is 0 Å². The minimum absolute atomic E-state index is 0.297. The maximum Gasteiger partial charge on any atom is 0.152 e. The molecule has 86 valence electrons. The summed E-state index contributed by atoms with van der Waals surface area (Å²) in [6, 6.07) is 4.96. The van der Waals surface area contributed by atoms with Gasteiger partial charge in [-0.3, -0.25) is 4.79 Å². The van der Waals surface area contributed by atoms with Crippen molar-refractivity contribution in [3.8, 4) is 0 Å². The van der Waals surface area contributed by atoms with Crippen LogP contribution >= 0.6 is 0 Å². The number of carbonyl (C=O) groups is 1. The molecule has 1 fully saturated rings. The van der Waals surface area contributed by atoms with Gasteiger partial charge in [0, 0.05) is 18.2 Å². The molecule has 1 saturated heterocycles. The summed E-state index contributed by atoms with van der Waals surface area (Å²) in [6.07, 6.45) is 1.78. The number of aldehydes is 1. The molecule has 0 radical (unpaired) electrons. The van der Waals surface area contributed by atoms with Crippen molar-refractivity contribution in [2.24, 2.45) is 5.92 Å². The molecule has 0 saturated carbocycles. The molecular formula is C13H16FNO. The van der Waals surface area contributed by atoms with Crippen LogP contribution < -0.4 is 4.90 Å². The number of halogens is 1. The molecule has 1 heterocycles. The monoisotopic (exact) mass is 221 g/mol. The van der Waals surface area contributed by atoms with Crippen LogP contribution in [0.25, 0.3) is 0 Å². The summed E-state index contributed by atoms with van der Waals surface area (Å²) < 4.78 is 13.8. The van der Waals surface area contributed by atoms with Gasteiger partial charge in [0.15, 0.2) is 6.29 Å². The zero-order valence-electron chi connectivity index (χ0n) is 9.61. The van der Waals surface area contributed by atoms with E-state index in [0.717, 1.165) is 19.3 Å². The van der Waals surface area contributed by atoms with Crippen molar-refractivity contribution < 1.29 is 9.18 Å². The Balaban J connectivity index is 2.43. The number of anilines is 1. The first-order valence-electron chi connectivity index (χ1n) is 5.63. The molecule has 1 aliphatic heterocycles. The molecule has 0 aliphatic carbocycles. The van der Waals surface area contributed by atoms with E-state index in [2.05, 4.69) is 13.8 Å². The van der Waals surface area contributed by atoms with Gasteiger partial charge < -0.3 is 4.90 Å². The summed E-state index contributed by atoms with van der Waals surface area (Å²) in [6.45, 7) is 5.05. The number of rotatable bonds is 2. The lowest BCUT2D eigenvalue weighted by Gasteiger charge is -2.25. The molecule has 1 aromatic carbocycles. The van der Waals surface area contributed by atoms with Crippen molar-refractivity contribution in [2.75, 3.05) is 11.4 Å². The van der Waals surface area contributed by atoms with E-state index in [-0.39, 0.29) is 5.82 Å². The molecule has 0 bridgehead atoms. The minimum atomic E-state index is -0.300. The van der Waals surface area contributed by atoms with Crippen molar-refractivity contribution in [3.63, 3.8) is 0 Å². The smallest absolute Gasteiger partial charge is 0.152 e. The maximum absolute atomic E-state index is 13.8. The van der Waals surface area contributed by atoms with E-state index in [1.165, 1.54) is 6.07 Å². The van der Waals surface area contributed by atoms with Gasteiger partial charge in [-0.05, 0) is 31.4 Å². The Hall–Kier alpha value is -1.38. The van der Waals surface area contributed by atoms with E-state index in [1.54, 1.807) is 12.1 Å². The van der Waals surface area contributed by atoms with E-state index < -0.39 is 0 Å². The Morgan fingerprint density at radius 2 is 2.19 bits per heavy atom. The summed E-state index contributed by atoms with van der Waals surface area (Å²) in [7, 11) is 0. The molecule has 2 rings (SSSR count). The minimum Gasteiger partial charge on any atom is -0.366 e. The van der Waals surface area contributed by atoms with Gasteiger partial charge in [-0.1, -0.05) is 13.0 Å². The van der Waals surface area contributed by atoms with Gasteiger partial charge in [0.25, 0.3) is 0 Å². The van der Waals surface area contributed by atoms with Gasteiger partial charge in [0.1, 0.15) is 5.82 Å². The lowest BCUT2D eigenvalue weighted by molar-refractivity contribution is 0.112. The summed E-state index contributed by atoms with van der Waals surface area (Å²) in [4.78, 5) is 12.9. The van der Waals surface area contributed by atoms with Crippen LogP contribution in [0.5, 0.6) is 0 Å². The van der Waals surface area contributed by atoms with Crippen molar-refractivity contribution in [2.45, 2.75) is 26.3 Å². The topological polar surface area (TPSA) is 20.3 Å². The highest BCUT2D eigenvalue weighted by Crippen LogP contribution is 2.32. The molecule has 3 heteroatoms. The number of para-hydroxylation sites is 1. The van der Waals surface area contributed by atoms with Crippen molar-refractivity contribution in [3.05, 3.63) is 29.6 Å². The molecule has 0 amide bonds. The molecule has 2 unspecified atom stereocenters. The van der Waals surface area contributed by atoms with Crippen LogP contribution in [-0.4, -0.2) is 18.9 Å².